The zero-order valence-electron chi connectivity index (χ0n) is 11.1. The largest absolute Gasteiger partial charge is 0.417 e. The zero-order valence-corrected chi connectivity index (χ0v) is 12.7. The lowest BCUT2D eigenvalue weighted by atomic mass is 10.3. The molecule has 0 atom stereocenters. The predicted octanol–water partition coefficient (Wildman–Crippen LogP) is 2.47. The van der Waals surface area contributed by atoms with E-state index in [4.69, 9.17) is 11.6 Å². The van der Waals surface area contributed by atoms with Crippen LogP contribution in [0.15, 0.2) is 22.4 Å². The quantitative estimate of drug-likeness (QED) is 0.387. The highest BCUT2D eigenvalue weighted by atomic mass is 35.5. The summed E-state index contributed by atoms with van der Waals surface area (Å²) in [6.45, 7) is 0. The standard InChI is InChI=1S/C11H12ClF3N4OS/c1-19(2)6-17-18-9(20)5-21-10-8(12)3-7(4-16-10)11(13,14)15/h3-4,6H,5H2,1-2H3,(H,18,20)/b17-6+. The minimum absolute atomic E-state index is 0.0666. The molecular weight excluding hydrogens is 329 g/mol. The van der Waals surface area contributed by atoms with Crippen molar-refractivity contribution in [2.75, 3.05) is 19.8 Å². The van der Waals surface area contributed by atoms with Crippen molar-refractivity contribution in [1.29, 1.82) is 0 Å². The highest BCUT2D eigenvalue weighted by Gasteiger charge is 2.31. The van der Waals surface area contributed by atoms with Crippen LogP contribution in [0, 0.1) is 0 Å². The number of aromatic nitrogens is 1. The summed E-state index contributed by atoms with van der Waals surface area (Å²) < 4.78 is 37.3. The Morgan fingerprint density at radius 2 is 2.24 bits per heavy atom. The fraction of sp³-hybridized carbons (Fsp3) is 0.364. The molecule has 0 aliphatic heterocycles. The van der Waals surface area contributed by atoms with Crippen LogP contribution in [-0.4, -0.2) is 42.0 Å². The van der Waals surface area contributed by atoms with Crippen LogP contribution in [-0.2, 0) is 11.0 Å². The number of hydrogen-bond donors (Lipinski definition) is 1. The summed E-state index contributed by atoms with van der Waals surface area (Å²) in [6, 6.07) is 0.777. The van der Waals surface area contributed by atoms with Gasteiger partial charge in [0.1, 0.15) is 11.4 Å². The van der Waals surface area contributed by atoms with Crippen LogP contribution in [0.4, 0.5) is 13.2 Å². The minimum atomic E-state index is -4.50. The molecule has 1 aromatic heterocycles. The number of nitrogens with one attached hydrogen (secondary N) is 1. The summed E-state index contributed by atoms with van der Waals surface area (Å²) in [4.78, 5) is 16.7. The monoisotopic (exact) mass is 340 g/mol. The van der Waals surface area contributed by atoms with Crippen LogP contribution in [0.1, 0.15) is 5.56 Å². The number of halogens is 4. The van der Waals surface area contributed by atoms with E-state index in [-0.39, 0.29) is 15.8 Å². The first kappa shape index (κ1) is 17.6. The Balaban J connectivity index is 2.58. The van der Waals surface area contributed by atoms with Gasteiger partial charge >= 0.3 is 6.18 Å². The van der Waals surface area contributed by atoms with E-state index in [1.54, 1.807) is 19.0 Å². The molecule has 10 heteroatoms. The lowest BCUT2D eigenvalue weighted by molar-refractivity contribution is -0.137. The van der Waals surface area contributed by atoms with Gasteiger partial charge in [0.15, 0.2) is 0 Å². The Kier molecular flexibility index (Phi) is 6.28. The Bertz CT molecular complexity index is 537. The highest BCUT2D eigenvalue weighted by Crippen LogP contribution is 2.33. The second-order valence-corrected chi connectivity index (χ2v) is 5.41. The third-order valence-corrected chi connectivity index (χ3v) is 3.36. The summed E-state index contributed by atoms with van der Waals surface area (Å²) in [7, 11) is 3.46. The minimum Gasteiger partial charge on any atom is -0.367 e. The molecule has 0 aliphatic carbocycles. The van der Waals surface area contributed by atoms with Crippen LogP contribution in [0.2, 0.25) is 5.02 Å². The lowest BCUT2D eigenvalue weighted by Crippen LogP contribution is -2.21. The van der Waals surface area contributed by atoms with E-state index in [0.717, 1.165) is 17.8 Å². The first-order valence-corrected chi connectivity index (χ1v) is 6.90. The lowest BCUT2D eigenvalue weighted by Gasteiger charge is -2.08. The maximum absolute atomic E-state index is 12.4. The van der Waals surface area contributed by atoms with Gasteiger partial charge in [-0.1, -0.05) is 23.4 Å². The van der Waals surface area contributed by atoms with Crippen molar-refractivity contribution in [3.8, 4) is 0 Å². The second kappa shape index (κ2) is 7.51. The van der Waals surface area contributed by atoms with Crippen molar-refractivity contribution in [3.05, 3.63) is 22.8 Å². The molecule has 5 nitrogen and oxygen atoms in total. The molecule has 0 radical (unpaired) electrons. The first-order valence-electron chi connectivity index (χ1n) is 5.54. The molecule has 1 N–H and O–H groups in total. The molecule has 1 rings (SSSR count). The molecule has 0 saturated carbocycles. The van der Waals surface area contributed by atoms with E-state index in [0.29, 0.717) is 6.20 Å². The van der Waals surface area contributed by atoms with Gasteiger partial charge in [0, 0.05) is 20.3 Å². The molecule has 0 aliphatic rings. The number of carbonyl (C=O) groups is 1. The summed E-state index contributed by atoms with van der Waals surface area (Å²) in [5.74, 6) is -0.487. The van der Waals surface area contributed by atoms with Crippen LogP contribution in [0.3, 0.4) is 0 Å². The highest BCUT2D eigenvalue weighted by molar-refractivity contribution is 8.00. The molecule has 1 amide bonds. The topological polar surface area (TPSA) is 57.6 Å². The molecule has 116 valence electrons. The van der Waals surface area contributed by atoms with Gasteiger partial charge in [-0.15, -0.1) is 0 Å². The number of alkyl halides is 3. The molecule has 0 spiro atoms. The molecule has 1 aromatic rings. The van der Waals surface area contributed by atoms with Crippen molar-refractivity contribution in [2.24, 2.45) is 5.10 Å². The first-order chi connectivity index (χ1) is 9.70. The van der Waals surface area contributed by atoms with Gasteiger partial charge in [-0.3, -0.25) is 4.79 Å². The summed E-state index contributed by atoms with van der Waals surface area (Å²) in [5, 5.41) is 3.63. The molecule has 1 heterocycles. The number of carbonyl (C=O) groups excluding carboxylic acids is 1. The number of hydrogen-bond acceptors (Lipinski definition) is 4. The maximum atomic E-state index is 12.4. The molecule has 0 aromatic carbocycles. The van der Waals surface area contributed by atoms with Crippen LogP contribution < -0.4 is 5.43 Å². The normalized spacial score (nSPS) is 11.7. The predicted molar refractivity (Wildman–Crippen MR) is 75.3 cm³/mol. The Morgan fingerprint density at radius 3 is 2.76 bits per heavy atom. The summed E-state index contributed by atoms with van der Waals surface area (Å²) >= 11 is 6.64. The van der Waals surface area contributed by atoms with E-state index in [2.05, 4.69) is 15.5 Å². The summed E-state index contributed by atoms with van der Waals surface area (Å²) in [6.07, 6.45) is -2.43. The van der Waals surface area contributed by atoms with E-state index in [9.17, 15) is 18.0 Å². The fourth-order valence-electron chi connectivity index (χ4n) is 1.07. The average molecular weight is 341 g/mol. The SMILES string of the molecule is CN(C)/C=N/NC(=O)CSc1ncc(C(F)(F)F)cc1Cl. The van der Waals surface area contributed by atoms with Gasteiger partial charge in [0.05, 0.1) is 16.3 Å². The van der Waals surface area contributed by atoms with E-state index < -0.39 is 17.6 Å². The Hall–Kier alpha value is -1.48. The van der Waals surface area contributed by atoms with Crippen molar-refractivity contribution in [1.82, 2.24) is 15.3 Å². The fourth-order valence-corrected chi connectivity index (χ4v) is 2.06. The van der Waals surface area contributed by atoms with Crippen molar-refractivity contribution in [2.45, 2.75) is 11.2 Å². The van der Waals surface area contributed by atoms with Gasteiger partial charge in [-0.25, -0.2) is 10.4 Å². The number of thioether (sulfide) groups is 1. The molecule has 0 bridgehead atoms. The molecule has 21 heavy (non-hydrogen) atoms. The Morgan fingerprint density at radius 1 is 1.57 bits per heavy atom. The number of amides is 1. The molecule has 0 unspecified atom stereocenters. The van der Waals surface area contributed by atoms with Crippen LogP contribution in [0.5, 0.6) is 0 Å². The average Bonchev–Trinajstić information content (AvgIpc) is 2.35. The van der Waals surface area contributed by atoms with Crippen molar-refractivity contribution in [3.63, 3.8) is 0 Å². The Labute approximate surface area is 128 Å². The van der Waals surface area contributed by atoms with Crippen LogP contribution >= 0.6 is 23.4 Å². The zero-order chi connectivity index (χ0) is 16.0. The van der Waals surface area contributed by atoms with Gasteiger partial charge in [-0.05, 0) is 6.07 Å². The smallest absolute Gasteiger partial charge is 0.367 e. The van der Waals surface area contributed by atoms with Gasteiger partial charge in [0.25, 0.3) is 5.91 Å². The number of rotatable bonds is 5. The van der Waals surface area contributed by atoms with E-state index in [1.165, 1.54) is 6.34 Å². The van der Waals surface area contributed by atoms with Gasteiger partial charge in [0.2, 0.25) is 0 Å². The number of nitrogens with zero attached hydrogens (tertiary/aromatic N) is 3. The summed E-state index contributed by atoms with van der Waals surface area (Å²) in [5.41, 5.74) is 1.32. The second-order valence-electron chi connectivity index (χ2n) is 4.04. The van der Waals surface area contributed by atoms with E-state index >= 15 is 0 Å². The third-order valence-electron chi connectivity index (χ3n) is 1.95. The van der Waals surface area contributed by atoms with Crippen molar-refractivity contribution < 1.29 is 18.0 Å². The number of pyridine rings is 1. The van der Waals surface area contributed by atoms with Crippen molar-refractivity contribution >= 4 is 35.6 Å². The maximum Gasteiger partial charge on any atom is 0.417 e. The molecule has 0 fully saturated rings. The third kappa shape index (κ3) is 6.21. The van der Waals surface area contributed by atoms with Crippen LogP contribution in [0.25, 0.3) is 0 Å². The molecular formula is C11H12ClF3N4OS. The van der Waals surface area contributed by atoms with Gasteiger partial charge in [-0.2, -0.15) is 18.3 Å². The van der Waals surface area contributed by atoms with Gasteiger partial charge < -0.3 is 4.90 Å². The number of hydrazone groups is 1. The van der Waals surface area contributed by atoms with E-state index in [1.807, 2.05) is 0 Å². The molecule has 0 saturated heterocycles.